The Morgan fingerprint density at radius 3 is 2.87 bits per heavy atom. The summed E-state index contributed by atoms with van der Waals surface area (Å²) in [6.45, 7) is -0.361. The number of benzene rings is 1. The summed E-state index contributed by atoms with van der Waals surface area (Å²) in [5.74, 6) is 0.486. The molecule has 9 heteroatoms. The zero-order valence-electron chi connectivity index (χ0n) is 11.9. The van der Waals surface area contributed by atoms with Crippen LogP contribution in [0.4, 0.5) is 10.5 Å². The van der Waals surface area contributed by atoms with Gasteiger partial charge in [-0.1, -0.05) is 23.2 Å². The number of nitrogens with one attached hydrogen (secondary N) is 2. The quantitative estimate of drug-likeness (QED) is 0.797. The minimum Gasteiger partial charge on any atom is -0.323 e. The van der Waals surface area contributed by atoms with Crippen LogP contribution in [0.1, 0.15) is 6.42 Å². The van der Waals surface area contributed by atoms with Crippen molar-refractivity contribution >= 4 is 58.5 Å². The van der Waals surface area contributed by atoms with Crippen molar-refractivity contribution in [3.63, 3.8) is 0 Å². The highest BCUT2D eigenvalue weighted by Crippen LogP contribution is 2.33. The number of hydrogen-bond acceptors (Lipinski definition) is 4. The highest BCUT2D eigenvalue weighted by molar-refractivity contribution is 7.99. The maximum Gasteiger partial charge on any atom is 0.325 e. The van der Waals surface area contributed by atoms with E-state index in [4.69, 9.17) is 23.2 Å². The number of imide groups is 1. The Balaban J connectivity index is 1.69. The molecule has 0 radical (unpaired) electrons. The summed E-state index contributed by atoms with van der Waals surface area (Å²) in [5.41, 5.74) is -0.516. The van der Waals surface area contributed by atoms with E-state index in [1.165, 1.54) is 6.07 Å². The van der Waals surface area contributed by atoms with Gasteiger partial charge in [0.2, 0.25) is 5.91 Å². The van der Waals surface area contributed by atoms with Crippen molar-refractivity contribution in [3.8, 4) is 0 Å². The van der Waals surface area contributed by atoms with Gasteiger partial charge in [-0.15, -0.1) is 0 Å². The largest absolute Gasteiger partial charge is 0.325 e. The van der Waals surface area contributed by atoms with Gasteiger partial charge in [-0.25, -0.2) is 4.79 Å². The predicted molar refractivity (Wildman–Crippen MR) is 90.0 cm³/mol. The number of amides is 4. The molecule has 0 aromatic heterocycles. The number of carbonyl (C=O) groups excluding carboxylic acids is 3. The third-order valence-electron chi connectivity index (χ3n) is 3.77. The summed E-state index contributed by atoms with van der Waals surface area (Å²) in [6, 6.07) is 4.11. The van der Waals surface area contributed by atoms with Gasteiger partial charge in [0, 0.05) is 10.8 Å². The van der Waals surface area contributed by atoms with Crippen LogP contribution in [0.15, 0.2) is 18.2 Å². The minimum atomic E-state index is -0.851. The van der Waals surface area contributed by atoms with E-state index >= 15 is 0 Å². The van der Waals surface area contributed by atoms with E-state index in [9.17, 15) is 14.4 Å². The second kappa shape index (κ2) is 6.22. The van der Waals surface area contributed by atoms with Gasteiger partial charge >= 0.3 is 6.03 Å². The topological polar surface area (TPSA) is 78.5 Å². The molecule has 3 rings (SSSR count). The lowest BCUT2D eigenvalue weighted by Gasteiger charge is -2.19. The molecule has 6 nitrogen and oxygen atoms in total. The highest BCUT2D eigenvalue weighted by atomic mass is 35.5. The van der Waals surface area contributed by atoms with Gasteiger partial charge in [0.1, 0.15) is 12.1 Å². The molecule has 1 aromatic rings. The van der Waals surface area contributed by atoms with Gasteiger partial charge in [0.25, 0.3) is 5.91 Å². The Labute approximate surface area is 146 Å². The van der Waals surface area contributed by atoms with Gasteiger partial charge in [0.05, 0.1) is 10.7 Å². The number of thioether (sulfide) groups is 1. The summed E-state index contributed by atoms with van der Waals surface area (Å²) >= 11 is 13.4. The van der Waals surface area contributed by atoms with Crippen molar-refractivity contribution in [3.05, 3.63) is 28.2 Å². The lowest BCUT2D eigenvalue weighted by Crippen LogP contribution is -2.47. The molecule has 1 spiro atoms. The predicted octanol–water partition coefficient (Wildman–Crippen LogP) is 2.36. The van der Waals surface area contributed by atoms with Crippen LogP contribution >= 0.6 is 35.0 Å². The molecular formula is C14H13Cl2N3O3S. The molecule has 2 saturated heterocycles. The van der Waals surface area contributed by atoms with Gasteiger partial charge in [-0.2, -0.15) is 11.8 Å². The summed E-state index contributed by atoms with van der Waals surface area (Å²) in [5, 5.41) is 6.01. The van der Waals surface area contributed by atoms with Crippen molar-refractivity contribution in [1.82, 2.24) is 10.2 Å². The maximum atomic E-state index is 12.5. The van der Waals surface area contributed by atoms with Crippen LogP contribution < -0.4 is 10.6 Å². The first-order chi connectivity index (χ1) is 10.9. The summed E-state index contributed by atoms with van der Waals surface area (Å²) in [7, 11) is 0. The molecule has 4 amide bonds. The van der Waals surface area contributed by atoms with E-state index in [2.05, 4.69) is 10.6 Å². The molecule has 122 valence electrons. The molecule has 0 bridgehead atoms. The van der Waals surface area contributed by atoms with Crippen LogP contribution in [0.25, 0.3) is 0 Å². The molecule has 1 unspecified atom stereocenters. The fourth-order valence-corrected chi connectivity index (χ4v) is 4.24. The maximum absolute atomic E-state index is 12.5. The summed E-state index contributed by atoms with van der Waals surface area (Å²) in [4.78, 5) is 37.5. The summed E-state index contributed by atoms with van der Waals surface area (Å²) in [6.07, 6.45) is 0.584. The Kier molecular flexibility index (Phi) is 4.44. The molecular weight excluding hydrogens is 361 g/mol. The Bertz CT molecular complexity index is 692. The normalized spacial score (nSPS) is 23.5. The first kappa shape index (κ1) is 16.4. The van der Waals surface area contributed by atoms with Gasteiger partial charge < -0.3 is 10.6 Å². The summed E-state index contributed by atoms with van der Waals surface area (Å²) < 4.78 is 0. The smallest absolute Gasteiger partial charge is 0.323 e. The van der Waals surface area contributed by atoms with E-state index in [0.717, 1.165) is 10.7 Å². The molecule has 2 N–H and O–H groups in total. The molecule has 0 saturated carbocycles. The number of rotatable bonds is 3. The monoisotopic (exact) mass is 373 g/mol. The zero-order valence-corrected chi connectivity index (χ0v) is 14.2. The first-order valence-corrected chi connectivity index (χ1v) is 8.79. The van der Waals surface area contributed by atoms with Crippen molar-refractivity contribution in [1.29, 1.82) is 0 Å². The fourth-order valence-electron chi connectivity index (χ4n) is 2.58. The van der Waals surface area contributed by atoms with E-state index < -0.39 is 17.5 Å². The number of halogens is 2. The van der Waals surface area contributed by atoms with E-state index in [1.807, 2.05) is 0 Å². The number of hydrogen-bond donors (Lipinski definition) is 2. The average Bonchev–Trinajstić information content (AvgIpc) is 3.05. The molecule has 2 fully saturated rings. The van der Waals surface area contributed by atoms with Crippen LogP contribution in [-0.2, 0) is 9.59 Å². The Morgan fingerprint density at radius 2 is 2.17 bits per heavy atom. The zero-order chi connectivity index (χ0) is 16.6. The first-order valence-electron chi connectivity index (χ1n) is 6.88. The van der Waals surface area contributed by atoms with Gasteiger partial charge in [0.15, 0.2) is 0 Å². The van der Waals surface area contributed by atoms with Crippen molar-refractivity contribution in [2.75, 3.05) is 23.4 Å². The van der Waals surface area contributed by atoms with Crippen LogP contribution in [0.2, 0.25) is 10.0 Å². The van der Waals surface area contributed by atoms with Crippen LogP contribution in [0.3, 0.4) is 0 Å². The lowest BCUT2D eigenvalue weighted by atomic mass is 9.99. The van der Waals surface area contributed by atoms with Crippen molar-refractivity contribution < 1.29 is 14.4 Å². The van der Waals surface area contributed by atoms with Crippen LogP contribution in [0, 0.1) is 0 Å². The van der Waals surface area contributed by atoms with Crippen LogP contribution in [0.5, 0.6) is 0 Å². The minimum absolute atomic E-state index is 0.323. The second-order valence-electron chi connectivity index (χ2n) is 5.38. The van der Waals surface area contributed by atoms with Crippen molar-refractivity contribution in [2.45, 2.75) is 12.0 Å². The van der Waals surface area contributed by atoms with E-state index in [1.54, 1.807) is 23.9 Å². The third-order valence-corrected chi connectivity index (χ3v) is 5.53. The van der Waals surface area contributed by atoms with Gasteiger partial charge in [-0.3, -0.25) is 14.5 Å². The highest BCUT2D eigenvalue weighted by Gasteiger charge is 2.53. The molecule has 23 heavy (non-hydrogen) atoms. The molecule has 1 aromatic carbocycles. The van der Waals surface area contributed by atoms with Gasteiger partial charge in [-0.05, 0) is 30.4 Å². The standard InChI is InChI=1S/C14H13Cl2N3O3S/c15-8-1-2-9(16)10(5-8)17-11(20)6-19-12(21)14(18-13(19)22)3-4-23-7-14/h1-2,5H,3-4,6-7H2,(H,17,20)(H,18,22). The van der Waals surface area contributed by atoms with Crippen LogP contribution in [-0.4, -0.2) is 46.3 Å². The SMILES string of the molecule is O=C(CN1C(=O)NC2(CCSC2)C1=O)Nc1cc(Cl)ccc1Cl. The fraction of sp³-hybridized carbons (Fsp3) is 0.357. The molecule has 1 atom stereocenters. The van der Waals surface area contributed by atoms with E-state index in [0.29, 0.717) is 27.9 Å². The molecule has 2 aliphatic rings. The molecule has 0 aliphatic carbocycles. The third kappa shape index (κ3) is 3.13. The number of anilines is 1. The Hall–Kier alpha value is -1.44. The molecule has 2 heterocycles. The van der Waals surface area contributed by atoms with Crippen molar-refractivity contribution in [2.24, 2.45) is 0 Å². The second-order valence-corrected chi connectivity index (χ2v) is 7.33. The Morgan fingerprint density at radius 1 is 1.39 bits per heavy atom. The van der Waals surface area contributed by atoms with E-state index in [-0.39, 0.29) is 12.5 Å². The lowest BCUT2D eigenvalue weighted by molar-refractivity contribution is -0.133. The number of nitrogens with zero attached hydrogens (tertiary/aromatic N) is 1. The number of carbonyl (C=O) groups is 3. The number of urea groups is 1. The average molecular weight is 374 g/mol. The molecule has 2 aliphatic heterocycles.